The van der Waals surface area contributed by atoms with Crippen molar-refractivity contribution >= 4 is 11.9 Å². The summed E-state index contributed by atoms with van der Waals surface area (Å²) in [6, 6.07) is 3.61. The molecule has 0 N–H and O–H groups in total. The number of carbonyl (C=O) groups is 1. The third-order valence-electron chi connectivity index (χ3n) is 3.13. The van der Waals surface area contributed by atoms with Crippen molar-refractivity contribution in [3.05, 3.63) is 48.3 Å². The lowest BCUT2D eigenvalue weighted by atomic mass is 9.84. The summed E-state index contributed by atoms with van der Waals surface area (Å²) in [5.41, 5.74) is 0.0137. The van der Waals surface area contributed by atoms with Crippen LogP contribution in [-0.2, 0) is 10.2 Å². The van der Waals surface area contributed by atoms with Crippen molar-refractivity contribution in [2.24, 2.45) is 0 Å². The number of carbonyl (C=O) groups excluding carboxylic acids is 1. The number of rotatable bonds is 3. The van der Waals surface area contributed by atoms with Gasteiger partial charge in [0.1, 0.15) is 0 Å². The van der Waals surface area contributed by atoms with E-state index in [1.165, 1.54) is 4.90 Å². The van der Waals surface area contributed by atoms with E-state index in [4.69, 9.17) is 0 Å². The van der Waals surface area contributed by atoms with E-state index < -0.39 is 11.2 Å². The summed E-state index contributed by atoms with van der Waals surface area (Å²) in [6.07, 6.45) is 5.36. The average Bonchev–Trinajstić information content (AvgIpc) is 2.47. The molecule has 0 radical (unpaired) electrons. The summed E-state index contributed by atoms with van der Waals surface area (Å²) in [6.45, 7) is 3.60. The lowest BCUT2D eigenvalue weighted by Gasteiger charge is -2.28. The smallest absolute Gasteiger partial charge is 0.239 e. The highest BCUT2D eigenvalue weighted by atomic mass is 19.1. The van der Waals surface area contributed by atoms with Gasteiger partial charge in [-0.25, -0.2) is 14.4 Å². The van der Waals surface area contributed by atoms with Crippen LogP contribution < -0.4 is 4.90 Å². The molecule has 1 amide bonds. The molecule has 0 fully saturated rings. The van der Waals surface area contributed by atoms with E-state index in [2.05, 4.69) is 15.0 Å². The number of pyridine rings is 1. The van der Waals surface area contributed by atoms with Crippen molar-refractivity contribution in [1.29, 1.82) is 0 Å². The van der Waals surface area contributed by atoms with Crippen LogP contribution in [0.4, 0.5) is 10.3 Å². The predicted molar refractivity (Wildman–Crippen MR) is 72.7 cm³/mol. The minimum absolute atomic E-state index is 0.161. The van der Waals surface area contributed by atoms with Crippen molar-refractivity contribution in [3.8, 4) is 0 Å². The standard InChI is InChI=1S/C14H15FN4O/c1-14(2,10-5-4-6-16-7-10)12(20)19(3)13-17-8-11(15)9-18-13/h4-9H,1-3H3. The molecule has 0 saturated heterocycles. The largest absolute Gasteiger partial charge is 0.283 e. The molecule has 0 aliphatic rings. The molecule has 0 bridgehead atoms. The highest BCUT2D eigenvalue weighted by Crippen LogP contribution is 2.25. The van der Waals surface area contributed by atoms with Gasteiger partial charge in [-0.3, -0.25) is 14.7 Å². The molecular formula is C14H15FN4O. The second kappa shape index (κ2) is 5.32. The molecule has 2 aromatic heterocycles. The van der Waals surface area contributed by atoms with E-state index in [-0.39, 0.29) is 11.9 Å². The van der Waals surface area contributed by atoms with Crippen molar-refractivity contribution < 1.29 is 9.18 Å². The molecule has 0 atom stereocenters. The molecule has 0 spiro atoms. The van der Waals surface area contributed by atoms with Crippen LogP contribution in [-0.4, -0.2) is 27.9 Å². The van der Waals surface area contributed by atoms with Gasteiger partial charge in [0.25, 0.3) is 0 Å². The number of anilines is 1. The Balaban J connectivity index is 2.28. The molecule has 0 saturated carbocycles. The Morgan fingerprint density at radius 2 is 1.90 bits per heavy atom. The number of halogens is 1. The molecule has 0 unspecified atom stereocenters. The van der Waals surface area contributed by atoms with Crippen LogP contribution in [0.3, 0.4) is 0 Å². The minimum atomic E-state index is -0.777. The molecule has 2 rings (SSSR count). The van der Waals surface area contributed by atoms with Crippen LogP contribution in [0.15, 0.2) is 36.9 Å². The molecule has 2 aromatic rings. The van der Waals surface area contributed by atoms with Gasteiger partial charge in [0.2, 0.25) is 11.9 Å². The fourth-order valence-electron chi connectivity index (χ4n) is 1.84. The Morgan fingerprint density at radius 3 is 2.45 bits per heavy atom. The van der Waals surface area contributed by atoms with E-state index in [1.807, 2.05) is 6.07 Å². The Hall–Kier alpha value is -2.37. The fraction of sp³-hybridized carbons (Fsp3) is 0.286. The molecule has 20 heavy (non-hydrogen) atoms. The van der Waals surface area contributed by atoms with Gasteiger partial charge < -0.3 is 0 Å². The first-order valence-corrected chi connectivity index (χ1v) is 6.09. The maximum atomic E-state index is 12.8. The Labute approximate surface area is 116 Å². The number of hydrogen-bond acceptors (Lipinski definition) is 4. The highest BCUT2D eigenvalue weighted by molar-refractivity contribution is 5.98. The van der Waals surface area contributed by atoms with Gasteiger partial charge in [0.15, 0.2) is 5.82 Å². The molecule has 104 valence electrons. The highest BCUT2D eigenvalue weighted by Gasteiger charge is 2.34. The van der Waals surface area contributed by atoms with Gasteiger partial charge in [0, 0.05) is 19.4 Å². The summed E-state index contributed by atoms with van der Waals surface area (Å²) >= 11 is 0. The minimum Gasteiger partial charge on any atom is -0.283 e. The van der Waals surface area contributed by atoms with Gasteiger partial charge in [-0.1, -0.05) is 6.07 Å². The van der Waals surface area contributed by atoms with Gasteiger partial charge >= 0.3 is 0 Å². The van der Waals surface area contributed by atoms with E-state index >= 15 is 0 Å². The Morgan fingerprint density at radius 1 is 1.25 bits per heavy atom. The van der Waals surface area contributed by atoms with E-state index in [0.29, 0.717) is 0 Å². The summed E-state index contributed by atoms with van der Waals surface area (Å²) in [5, 5.41) is 0. The van der Waals surface area contributed by atoms with Crippen molar-refractivity contribution in [3.63, 3.8) is 0 Å². The quantitative estimate of drug-likeness (QED) is 0.858. The SMILES string of the molecule is CN(C(=O)C(C)(C)c1cccnc1)c1ncc(F)cn1. The van der Waals surface area contributed by atoms with Crippen LogP contribution in [0.25, 0.3) is 0 Å². The normalized spacial score (nSPS) is 11.2. The number of hydrogen-bond donors (Lipinski definition) is 0. The first kappa shape index (κ1) is 14.0. The number of nitrogens with zero attached hydrogens (tertiary/aromatic N) is 4. The van der Waals surface area contributed by atoms with E-state index in [9.17, 15) is 9.18 Å². The second-order valence-electron chi connectivity index (χ2n) is 4.93. The summed E-state index contributed by atoms with van der Waals surface area (Å²) in [7, 11) is 1.56. The van der Waals surface area contributed by atoms with Crippen molar-refractivity contribution in [2.45, 2.75) is 19.3 Å². The van der Waals surface area contributed by atoms with Crippen LogP contribution in [0.1, 0.15) is 19.4 Å². The maximum Gasteiger partial charge on any atom is 0.239 e. The maximum absolute atomic E-state index is 12.8. The van der Waals surface area contributed by atoms with Crippen LogP contribution in [0.5, 0.6) is 0 Å². The van der Waals surface area contributed by atoms with Crippen molar-refractivity contribution in [2.75, 3.05) is 11.9 Å². The third kappa shape index (κ3) is 2.64. The van der Waals surface area contributed by atoms with Crippen molar-refractivity contribution in [1.82, 2.24) is 15.0 Å². The zero-order valence-electron chi connectivity index (χ0n) is 11.5. The summed E-state index contributed by atoms with van der Waals surface area (Å²) < 4.78 is 12.8. The first-order valence-electron chi connectivity index (χ1n) is 6.09. The second-order valence-corrected chi connectivity index (χ2v) is 4.93. The lowest BCUT2D eigenvalue weighted by molar-refractivity contribution is -0.122. The van der Waals surface area contributed by atoms with Crippen LogP contribution in [0.2, 0.25) is 0 Å². The third-order valence-corrected chi connectivity index (χ3v) is 3.13. The number of likely N-dealkylation sites (N-methyl/N-ethyl adjacent to an activating group) is 1. The molecular weight excluding hydrogens is 259 g/mol. The van der Waals surface area contributed by atoms with Gasteiger partial charge in [-0.05, 0) is 25.5 Å². The zero-order chi connectivity index (χ0) is 14.8. The van der Waals surface area contributed by atoms with Gasteiger partial charge in [-0.15, -0.1) is 0 Å². The molecule has 6 heteroatoms. The fourth-order valence-corrected chi connectivity index (χ4v) is 1.84. The van der Waals surface area contributed by atoms with E-state index in [1.54, 1.807) is 39.4 Å². The molecule has 0 aliphatic carbocycles. The Kier molecular flexibility index (Phi) is 3.74. The van der Waals surface area contributed by atoms with Gasteiger partial charge in [0.05, 0.1) is 17.8 Å². The van der Waals surface area contributed by atoms with Crippen LogP contribution in [0, 0.1) is 5.82 Å². The molecule has 2 heterocycles. The molecule has 5 nitrogen and oxygen atoms in total. The Bertz CT molecular complexity index is 598. The van der Waals surface area contributed by atoms with Crippen LogP contribution >= 0.6 is 0 Å². The summed E-state index contributed by atoms with van der Waals surface area (Å²) in [5.74, 6) is -0.577. The van der Waals surface area contributed by atoms with E-state index in [0.717, 1.165) is 18.0 Å². The predicted octanol–water partition coefficient (Wildman–Crippen LogP) is 1.95. The zero-order valence-corrected chi connectivity index (χ0v) is 11.5. The number of amides is 1. The summed E-state index contributed by atoms with van der Waals surface area (Å²) in [4.78, 5) is 25.5. The topological polar surface area (TPSA) is 59.0 Å². The number of aromatic nitrogens is 3. The molecule has 0 aliphatic heterocycles. The monoisotopic (exact) mass is 274 g/mol. The van der Waals surface area contributed by atoms with Gasteiger partial charge in [-0.2, -0.15) is 0 Å². The molecule has 0 aromatic carbocycles. The average molecular weight is 274 g/mol. The first-order chi connectivity index (χ1) is 9.43. The lowest BCUT2D eigenvalue weighted by Crippen LogP contribution is -2.42.